The zero-order chi connectivity index (χ0) is 18.4. The lowest BCUT2D eigenvalue weighted by molar-refractivity contribution is -0.117. The van der Waals surface area contributed by atoms with Crippen molar-refractivity contribution in [2.45, 2.75) is 32.2 Å². The predicted molar refractivity (Wildman–Crippen MR) is 122 cm³/mol. The number of halogens is 1. The van der Waals surface area contributed by atoms with E-state index in [1.54, 1.807) is 0 Å². The third-order valence-electron chi connectivity index (χ3n) is 5.11. The van der Waals surface area contributed by atoms with Crippen molar-refractivity contribution in [3.05, 3.63) is 30.3 Å². The van der Waals surface area contributed by atoms with E-state index in [1.807, 2.05) is 35.2 Å². The Hall–Kier alpha value is -1.35. The summed E-state index contributed by atoms with van der Waals surface area (Å²) in [4.78, 5) is 21.4. The minimum atomic E-state index is 0. The SMILES string of the molecule is CCNC(=NCC1CCCN(C)C1)NC1CC(=O)N(c2ccccc2)C1.I. The minimum absolute atomic E-state index is 0. The van der Waals surface area contributed by atoms with Crippen molar-refractivity contribution in [3.8, 4) is 0 Å². The first-order chi connectivity index (χ1) is 12.7. The van der Waals surface area contributed by atoms with Gasteiger partial charge >= 0.3 is 0 Å². The second-order valence-electron chi connectivity index (χ2n) is 7.38. The summed E-state index contributed by atoms with van der Waals surface area (Å²) in [5, 5.41) is 6.79. The van der Waals surface area contributed by atoms with E-state index in [4.69, 9.17) is 4.99 Å². The number of likely N-dealkylation sites (tertiary alicyclic amines) is 1. The molecule has 7 heteroatoms. The zero-order valence-corrected chi connectivity index (χ0v) is 18.7. The summed E-state index contributed by atoms with van der Waals surface area (Å²) in [7, 11) is 2.18. The Morgan fingerprint density at radius 2 is 2.04 bits per heavy atom. The number of nitrogens with zero attached hydrogens (tertiary/aromatic N) is 3. The molecule has 150 valence electrons. The van der Waals surface area contributed by atoms with Crippen LogP contribution in [0.15, 0.2) is 35.3 Å². The standard InChI is InChI=1S/C20H31N5O.HI/c1-3-21-20(22-13-16-8-7-11-24(2)14-16)23-17-12-19(26)25(15-17)18-9-5-4-6-10-18;/h4-6,9-10,16-17H,3,7-8,11-15H2,1-2H3,(H2,21,22,23);1H. The number of rotatable bonds is 5. The molecule has 0 saturated carbocycles. The summed E-state index contributed by atoms with van der Waals surface area (Å²) in [6.07, 6.45) is 3.01. The maximum absolute atomic E-state index is 12.4. The number of aliphatic imine (C=N–C) groups is 1. The van der Waals surface area contributed by atoms with Crippen LogP contribution in [0, 0.1) is 5.92 Å². The van der Waals surface area contributed by atoms with Gasteiger partial charge in [0.25, 0.3) is 0 Å². The topological polar surface area (TPSA) is 60.0 Å². The van der Waals surface area contributed by atoms with Gasteiger partial charge in [0.1, 0.15) is 0 Å². The lowest BCUT2D eigenvalue weighted by atomic mass is 9.99. The quantitative estimate of drug-likeness (QED) is 0.382. The Labute approximate surface area is 179 Å². The molecule has 1 amide bonds. The first-order valence-electron chi connectivity index (χ1n) is 9.74. The molecule has 0 bridgehead atoms. The number of piperidine rings is 1. The van der Waals surface area contributed by atoms with Gasteiger partial charge in [-0.2, -0.15) is 0 Å². The molecule has 2 saturated heterocycles. The van der Waals surface area contributed by atoms with E-state index in [0.717, 1.165) is 31.3 Å². The average Bonchev–Trinajstić information content (AvgIpc) is 3.01. The van der Waals surface area contributed by atoms with Crippen LogP contribution >= 0.6 is 24.0 Å². The van der Waals surface area contributed by atoms with Crippen LogP contribution in [-0.2, 0) is 4.79 Å². The van der Waals surface area contributed by atoms with Gasteiger partial charge < -0.3 is 20.4 Å². The van der Waals surface area contributed by atoms with Crippen molar-refractivity contribution in [2.24, 2.45) is 10.9 Å². The molecule has 2 aliphatic heterocycles. The molecule has 2 fully saturated rings. The Morgan fingerprint density at radius 1 is 1.26 bits per heavy atom. The molecule has 2 heterocycles. The first kappa shape index (κ1) is 21.9. The molecule has 1 aromatic carbocycles. The number of hydrogen-bond donors (Lipinski definition) is 2. The monoisotopic (exact) mass is 485 g/mol. The summed E-state index contributed by atoms with van der Waals surface area (Å²) in [6.45, 7) is 6.72. The number of amides is 1. The van der Waals surface area contributed by atoms with Gasteiger partial charge in [-0.05, 0) is 51.4 Å². The van der Waals surface area contributed by atoms with Crippen LogP contribution in [0.5, 0.6) is 0 Å². The van der Waals surface area contributed by atoms with Gasteiger partial charge in [-0.25, -0.2) is 0 Å². The molecule has 2 aliphatic rings. The Kier molecular flexibility index (Phi) is 8.82. The molecule has 1 aromatic rings. The fourth-order valence-corrected chi connectivity index (χ4v) is 3.82. The summed E-state index contributed by atoms with van der Waals surface area (Å²) < 4.78 is 0. The van der Waals surface area contributed by atoms with Crippen LogP contribution in [0.4, 0.5) is 5.69 Å². The van der Waals surface area contributed by atoms with E-state index in [1.165, 1.54) is 19.4 Å². The summed E-state index contributed by atoms with van der Waals surface area (Å²) in [5.41, 5.74) is 0.967. The highest BCUT2D eigenvalue weighted by Gasteiger charge is 2.31. The summed E-state index contributed by atoms with van der Waals surface area (Å²) in [6, 6.07) is 9.97. The van der Waals surface area contributed by atoms with Crippen LogP contribution < -0.4 is 15.5 Å². The molecule has 0 spiro atoms. The molecule has 6 nitrogen and oxygen atoms in total. The highest BCUT2D eigenvalue weighted by Crippen LogP contribution is 2.21. The minimum Gasteiger partial charge on any atom is -0.357 e. The van der Waals surface area contributed by atoms with Crippen molar-refractivity contribution >= 4 is 41.5 Å². The van der Waals surface area contributed by atoms with E-state index in [2.05, 4.69) is 29.5 Å². The van der Waals surface area contributed by atoms with Gasteiger partial charge in [-0.15, -0.1) is 24.0 Å². The molecule has 27 heavy (non-hydrogen) atoms. The van der Waals surface area contributed by atoms with Crippen LogP contribution in [0.3, 0.4) is 0 Å². The molecule has 0 aliphatic carbocycles. The lowest BCUT2D eigenvalue weighted by Gasteiger charge is -2.28. The number of carbonyl (C=O) groups excluding carboxylic acids is 1. The van der Waals surface area contributed by atoms with Crippen molar-refractivity contribution < 1.29 is 4.79 Å². The van der Waals surface area contributed by atoms with Crippen LogP contribution in [0.25, 0.3) is 0 Å². The highest BCUT2D eigenvalue weighted by molar-refractivity contribution is 14.0. The second kappa shape index (κ2) is 10.8. The molecule has 0 aromatic heterocycles. The smallest absolute Gasteiger partial charge is 0.229 e. The lowest BCUT2D eigenvalue weighted by Crippen LogP contribution is -2.45. The fraction of sp³-hybridized carbons (Fsp3) is 0.600. The van der Waals surface area contributed by atoms with Crippen LogP contribution in [0.2, 0.25) is 0 Å². The summed E-state index contributed by atoms with van der Waals surface area (Å²) >= 11 is 0. The molecule has 2 unspecified atom stereocenters. The normalized spacial score (nSPS) is 23.9. The molecular formula is C20H32IN5O. The Morgan fingerprint density at radius 3 is 2.74 bits per heavy atom. The van der Waals surface area contributed by atoms with E-state index < -0.39 is 0 Å². The number of carbonyl (C=O) groups is 1. The summed E-state index contributed by atoms with van der Waals surface area (Å²) in [5.74, 6) is 1.61. The van der Waals surface area contributed by atoms with Crippen LogP contribution in [-0.4, -0.2) is 62.6 Å². The zero-order valence-electron chi connectivity index (χ0n) is 16.4. The van der Waals surface area contributed by atoms with E-state index >= 15 is 0 Å². The van der Waals surface area contributed by atoms with Crippen molar-refractivity contribution in [1.29, 1.82) is 0 Å². The number of benzene rings is 1. The van der Waals surface area contributed by atoms with E-state index in [9.17, 15) is 4.79 Å². The number of guanidine groups is 1. The van der Waals surface area contributed by atoms with Gasteiger partial charge in [0.2, 0.25) is 5.91 Å². The highest BCUT2D eigenvalue weighted by atomic mass is 127. The van der Waals surface area contributed by atoms with Gasteiger partial charge in [0.15, 0.2) is 5.96 Å². The molecule has 0 radical (unpaired) electrons. The third-order valence-corrected chi connectivity index (χ3v) is 5.11. The third kappa shape index (κ3) is 6.34. The van der Waals surface area contributed by atoms with Gasteiger partial charge in [0, 0.05) is 38.3 Å². The van der Waals surface area contributed by atoms with Gasteiger partial charge in [-0.1, -0.05) is 18.2 Å². The number of para-hydroxylation sites is 1. The van der Waals surface area contributed by atoms with Gasteiger partial charge in [0.05, 0.1) is 6.04 Å². The van der Waals surface area contributed by atoms with E-state index in [-0.39, 0.29) is 35.9 Å². The van der Waals surface area contributed by atoms with Crippen molar-refractivity contribution in [2.75, 3.05) is 44.7 Å². The fourth-order valence-electron chi connectivity index (χ4n) is 3.82. The molecule has 3 rings (SSSR count). The van der Waals surface area contributed by atoms with Crippen molar-refractivity contribution in [3.63, 3.8) is 0 Å². The second-order valence-corrected chi connectivity index (χ2v) is 7.38. The molecule has 2 atom stereocenters. The number of anilines is 1. The number of hydrogen-bond acceptors (Lipinski definition) is 3. The van der Waals surface area contributed by atoms with E-state index in [0.29, 0.717) is 18.9 Å². The maximum atomic E-state index is 12.4. The Balaban J connectivity index is 0.00000261. The predicted octanol–water partition coefficient (Wildman–Crippen LogP) is 2.31. The average molecular weight is 485 g/mol. The van der Waals surface area contributed by atoms with Crippen molar-refractivity contribution in [1.82, 2.24) is 15.5 Å². The molecular weight excluding hydrogens is 453 g/mol. The van der Waals surface area contributed by atoms with Crippen LogP contribution in [0.1, 0.15) is 26.2 Å². The van der Waals surface area contributed by atoms with Gasteiger partial charge in [-0.3, -0.25) is 9.79 Å². The maximum Gasteiger partial charge on any atom is 0.229 e. The first-order valence-corrected chi connectivity index (χ1v) is 9.74. The Bertz CT molecular complexity index is 624. The largest absolute Gasteiger partial charge is 0.357 e. The molecule has 2 N–H and O–H groups in total. The number of nitrogens with one attached hydrogen (secondary N) is 2.